The molecule has 1 aliphatic rings. The van der Waals surface area contributed by atoms with Crippen LogP contribution < -0.4 is 5.73 Å². The number of nitrogens with two attached hydrogens (primary N) is 1. The van der Waals surface area contributed by atoms with Crippen molar-refractivity contribution in [3.63, 3.8) is 0 Å². The molecular weight excluding hydrogens is 212 g/mol. The number of hydrogen-bond acceptors (Lipinski definition) is 3. The molecule has 0 amide bonds. The lowest BCUT2D eigenvalue weighted by Crippen LogP contribution is -2.44. The Kier molecular flexibility index (Phi) is 7.09. The van der Waals surface area contributed by atoms with Gasteiger partial charge in [0.15, 0.2) is 0 Å². The minimum atomic E-state index is -0.0419. The SMILES string of the molecule is CCN(CC)CCOCC1(N)CCCCCC1. The van der Waals surface area contributed by atoms with E-state index in [-0.39, 0.29) is 5.54 Å². The molecule has 0 heterocycles. The minimum absolute atomic E-state index is 0.0419. The van der Waals surface area contributed by atoms with Crippen LogP contribution in [0.2, 0.25) is 0 Å². The molecule has 0 radical (unpaired) electrons. The summed E-state index contributed by atoms with van der Waals surface area (Å²) in [6.45, 7) is 9.19. The number of rotatable bonds is 7. The second kappa shape index (κ2) is 8.06. The Morgan fingerprint density at radius 1 is 1.06 bits per heavy atom. The van der Waals surface area contributed by atoms with Gasteiger partial charge >= 0.3 is 0 Å². The molecule has 0 aromatic heterocycles. The van der Waals surface area contributed by atoms with Gasteiger partial charge in [0, 0.05) is 12.1 Å². The average molecular weight is 242 g/mol. The average Bonchev–Trinajstić information content (AvgIpc) is 2.55. The summed E-state index contributed by atoms with van der Waals surface area (Å²) in [5.41, 5.74) is 6.36. The summed E-state index contributed by atoms with van der Waals surface area (Å²) in [6, 6.07) is 0. The monoisotopic (exact) mass is 242 g/mol. The molecule has 0 bridgehead atoms. The van der Waals surface area contributed by atoms with Crippen LogP contribution in [0.3, 0.4) is 0 Å². The molecule has 0 unspecified atom stereocenters. The molecule has 1 fully saturated rings. The molecule has 3 heteroatoms. The van der Waals surface area contributed by atoms with Gasteiger partial charge in [-0.25, -0.2) is 0 Å². The first-order chi connectivity index (χ1) is 8.20. The predicted octanol–water partition coefficient (Wildman–Crippen LogP) is 2.40. The van der Waals surface area contributed by atoms with E-state index in [0.717, 1.165) is 45.7 Å². The molecule has 2 N–H and O–H groups in total. The first-order valence-electron chi connectivity index (χ1n) is 7.29. The van der Waals surface area contributed by atoms with Crippen molar-refractivity contribution in [2.75, 3.05) is 32.8 Å². The second-order valence-electron chi connectivity index (χ2n) is 5.36. The number of ether oxygens (including phenoxy) is 1. The second-order valence-corrected chi connectivity index (χ2v) is 5.36. The Balaban J connectivity index is 2.15. The van der Waals surface area contributed by atoms with Crippen LogP contribution in [0.5, 0.6) is 0 Å². The molecular formula is C14H30N2O. The van der Waals surface area contributed by atoms with Gasteiger partial charge in [0.2, 0.25) is 0 Å². The van der Waals surface area contributed by atoms with Crippen LogP contribution >= 0.6 is 0 Å². The van der Waals surface area contributed by atoms with Gasteiger partial charge in [-0.15, -0.1) is 0 Å². The van der Waals surface area contributed by atoms with E-state index in [4.69, 9.17) is 10.5 Å². The van der Waals surface area contributed by atoms with Crippen molar-refractivity contribution in [3.05, 3.63) is 0 Å². The minimum Gasteiger partial charge on any atom is -0.378 e. The highest BCUT2D eigenvalue weighted by Gasteiger charge is 2.26. The van der Waals surface area contributed by atoms with Crippen LogP contribution in [-0.4, -0.2) is 43.3 Å². The fourth-order valence-corrected chi connectivity index (χ4v) is 2.59. The molecule has 0 aromatic rings. The molecule has 3 nitrogen and oxygen atoms in total. The van der Waals surface area contributed by atoms with Gasteiger partial charge in [-0.1, -0.05) is 39.5 Å². The van der Waals surface area contributed by atoms with Crippen molar-refractivity contribution >= 4 is 0 Å². The Morgan fingerprint density at radius 2 is 1.65 bits per heavy atom. The smallest absolute Gasteiger partial charge is 0.0646 e. The zero-order valence-corrected chi connectivity index (χ0v) is 11.7. The van der Waals surface area contributed by atoms with Gasteiger partial charge < -0.3 is 15.4 Å². The summed E-state index contributed by atoms with van der Waals surface area (Å²) in [5, 5.41) is 0. The standard InChI is InChI=1S/C14H30N2O/c1-3-16(4-2)11-12-17-13-14(15)9-7-5-6-8-10-14/h3-13,15H2,1-2H3. The lowest BCUT2D eigenvalue weighted by atomic mass is 9.93. The topological polar surface area (TPSA) is 38.5 Å². The Labute approximate surface area is 107 Å². The third-order valence-electron chi connectivity index (χ3n) is 3.94. The fourth-order valence-electron chi connectivity index (χ4n) is 2.59. The first-order valence-corrected chi connectivity index (χ1v) is 7.29. The molecule has 1 saturated carbocycles. The highest BCUT2D eigenvalue weighted by molar-refractivity contribution is 4.85. The molecule has 0 atom stereocenters. The van der Waals surface area contributed by atoms with E-state index in [1.807, 2.05) is 0 Å². The summed E-state index contributed by atoms with van der Waals surface area (Å²) in [5.74, 6) is 0. The summed E-state index contributed by atoms with van der Waals surface area (Å²) in [6.07, 6.45) is 7.51. The maximum Gasteiger partial charge on any atom is 0.0646 e. The van der Waals surface area contributed by atoms with Gasteiger partial charge in [-0.3, -0.25) is 0 Å². The third-order valence-corrected chi connectivity index (χ3v) is 3.94. The number of nitrogens with zero attached hydrogens (tertiary/aromatic N) is 1. The van der Waals surface area contributed by atoms with E-state index in [1.54, 1.807) is 0 Å². The third kappa shape index (κ3) is 5.84. The Hall–Kier alpha value is -0.120. The van der Waals surface area contributed by atoms with E-state index in [1.165, 1.54) is 25.7 Å². The summed E-state index contributed by atoms with van der Waals surface area (Å²) in [4.78, 5) is 2.39. The summed E-state index contributed by atoms with van der Waals surface area (Å²) in [7, 11) is 0. The van der Waals surface area contributed by atoms with Crippen molar-refractivity contribution in [1.29, 1.82) is 0 Å². The molecule has 0 saturated heterocycles. The van der Waals surface area contributed by atoms with Crippen LogP contribution in [0, 0.1) is 0 Å². The van der Waals surface area contributed by atoms with E-state index >= 15 is 0 Å². The first kappa shape index (κ1) is 14.9. The van der Waals surface area contributed by atoms with Gasteiger partial charge in [-0.05, 0) is 25.9 Å². The highest BCUT2D eigenvalue weighted by atomic mass is 16.5. The zero-order valence-electron chi connectivity index (χ0n) is 11.7. The number of likely N-dealkylation sites (N-methyl/N-ethyl adjacent to an activating group) is 1. The summed E-state index contributed by atoms with van der Waals surface area (Å²) < 4.78 is 5.80. The van der Waals surface area contributed by atoms with Crippen molar-refractivity contribution in [2.24, 2.45) is 5.73 Å². The molecule has 0 aliphatic heterocycles. The maximum atomic E-state index is 6.40. The molecule has 17 heavy (non-hydrogen) atoms. The lowest BCUT2D eigenvalue weighted by molar-refractivity contribution is 0.0625. The maximum absolute atomic E-state index is 6.40. The van der Waals surface area contributed by atoms with Crippen LogP contribution in [0.15, 0.2) is 0 Å². The fraction of sp³-hybridized carbons (Fsp3) is 1.00. The highest BCUT2D eigenvalue weighted by Crippen LogP contribution is 2.25. The van der Waals surface area contributed by atoms with E-state index < -0.39 is 0 Å². The van der Waals surface area contributed by atoms with Crippen molar-refractivity contribution < 1.29 is 4.74 Å². The van der Waals surface area contributed by atoms with Crippen LogP contribution in [-0.2, 0) is 4.74 Å². The van der Waals surface area contributed by atoms with Crippen LogP contribution in [0.25, 0.3) is 0 Å². The van der Waals surface area contributed by atoms with Crippen LogP contribution in [0.4, 0.5) is 0 Å². The van der Waals surface area contributed by atoms with Crippen molar-refractivity contribution in [1.82, 2.24) is 4.90 Å². The molecule has 0 aromatic carbocycles. The van der Waals surface area contributed by atoms with Crippen molar-refractivity contribution in [2.45, 2.75) is 57.9 Å². The van der Waals surface area contributed by atoms with Gasteiger partial charge in [-0.2, -0.15) is 0 Å². The molecule has 102 valence electrons. The van der Waals surface area contributed by atoms with E-state index in [2.05, 4.69) is 18.7 Å². The zero-order chi connectivity index (χ0) is 12.6. The largest absolute Gasteiger partial charge is 0.378 e. The molecule has 1 aliphatic carbocycles. The van der Waals surface area contributed by atoms with E-state index in [9.17, 15) is 0 Å². The normalized spacial score (nSPS) is 20.5. The summed E-state index contributed by atoms with van der Waals surface area (Å²) >= 11 is 0. The van der Waals surface area contributed by atoms with Gasteiger partial charge in [0.1, 0.15) is 0 Å². The van der Waals surface area contributed by atoms with Gasteiger partial charge in [0.25, 0.3) is 0 Å². The quantitative estimate of drug-likeness (QED) is 0.550. The molecule has 1 rings (SSSR count). The lowest BCUT2D eigenvalue weighted by Gasteiger charge is -2.28. The Morgan fingerprint density at radius 3 is 2.18 bits per heavy atom. The van der Waals surface area contributed by atoms with Gasteiger partial charge in [0.05, 0.1) is 13.2 Å². The molecule has 0 spiro atoms. The Bertz CT molecular complexity index is 185. The predicted molar refractivity (Wildman–Crippen MR) is 73.2 cm³/mol. The van der Waals surface area contributed by atoms with E-state index in [0.29, 0.717) is 0 Å². The van der Waals surface area contributed by atoms with Crippen molar-refractivity contribution in [3.8, 4) is 0 Å². The number of hydrogen-bond donors (Lipinski definition) is 1. The van der Waals surface area contributed by atoms with Crippen LogP contribution in [0.1, 0.15) is 52.4 Å².